The number of nitro groups is 1. The van der Waals surface area contributed by atoms with Crippen molar-refractivity contribution in [2.45, 2.75) is 13.3 Å². The highest BCUT2D eigenvalue weighted by Crippen LogP contribution is 2.26. The molecule has 0 aliphatic rings. The van der Waals surface area contributed by atoms with E-state index in [1.165, 1.54) is 6.07 Å². The van der Waals surface area contributed by atoms with Gasteiger partial charge >= 0.3 is 0 Å². The first-order chi connectivity index (χ1) is 5.66. The van der Waals surface area contributed by atoms with Crippen LogP contribution < -0.4 is 0 Å². The van der Waals surface area contributed by atoms with Crippen LogP contribution in [0.1, 0.15) is 12.5 Å². The van der Waals surface area contributed by atoms with Gasteiger partial charge in [0, 0.05) is 11.6 Å². The minimum atomic E-state index is -0.412. The first kappa shape index (κ1) is 9.00. The molecule has 0 radical (unpaired) electrons. The van der Waals surface area contributed by atoms with Crippen LogP contribution in [0.4, 0.5) is 5.69 Å². The van der Waals surface area contributed by atoms with E-state index in [2.05, 4.69) is 0 Å². The average Bonchev–Trinajstić information content (AvgIpc) is 2.03. The van der Waals surface area contributed by atoms with Gasteiger partial charge in [0.25, 0.3) is 5.69 Å². The summed E-state index contributed by atoms with van der Waals surface area (Å²) >= 11 is 5.77. The number of hydrogen-bond acceptors (Lipinski definition) is 2. The Morgan fingerprint density at radius 2 is 2.25 bits per heavy atom. The zero-order valence-electron chi connectivity index (χ0n) is 6.58. The quantitative estimate of drug-likeness (QED) is 0.525. The molecular weight excluding hydrogens is 178 g/mol. The van der Waals surface area contributed by atoms with Crippen molar-refractivity contribution in [2.75, 3.05) is 0 Å². The fourth-order valence-corrected chi connectivity index (χ4v) is 1.37. The number of nitrogens with zero attached hydrogens (tertiary/aromatic N) is 1. The largest absolute Gasteiger partial charge is 0.274 e. The first-order valence-electron chi connectivity index (χ1n) is 3.58. The third-order valence-corrected chi connectivity index (χ3v) is 2.00. The third kappa shape index (κ3) is 1.56. The molecule has 0 N–H and O–H groups in total. The molecule has 3 nitrogen and oxygen atoms in total. The van der Waals surface area contributed by atoms with E-state index in [-0.39, 0.29) is 5.69 Å². The van der Waals surface area contributed by atoms with Crippen molar-refractivity contribution in [3.8, 4) is 0 Å². The lowest BCUT2D eigenvalue weighted by atomic mass is 10.1. The van der Waals surface area contributed by atoms with E-state index in [0.29, 0.717) is 17.0 Å². The van der Waals surface area contributed by atoms with Crippen molar-refractivity contribution in [3.63, 3.8) is 0 Å². The molecule has 0 heterocycles. The molecule has 0 bridgehead atoms. The fraction of sp³-hybridized carbons (Fsp3) is 0.250. The number of nitro benzene ring substituents is 1. The van der Waals surface area contributed by atoms with Crippen molar-refractivity contribution in [1.82, 2.24) is 0 Å². The van der Waals surface area contributed by atoms with Gasteiger partial charge in [0.05, 0.1) is 9.95 Å². The van der Waals surface area contributed by atoms with Gasteiger partial charge in [0.1, 0.15) is 0 Å². The molecule has 0 aromatic heterocycles. The van der Waals surface area contributed by atoms with Gasteiger partial charge in [-0.15, -0.1) is 0 Å². The van der Waals surface area contributed by atoms with E-state index in [1.54, 1.807) is 12.1 Å². The Morgan fingerprint density at radius 3 is 2.67 bits per heavy atom. The fourth-order valence-electron chi connectivity index (χ4n) is 1.07. The molecule has 0 atom stereocenters. The molecule has 1 aromatic rings. The van der Waals surface area contributed by atoms with E-state index >= 15 is 0 Å². The van der Waals surface area contributed by atoms with Crippen LogP contribution in [0, 0.1) is 10.1 Å². The second-order valence-electron chi connectivity index (χ2n) is 2.35. The average molecular weight is 186 g/mol. The third-order valence-electron chi connectivity index (χ3n) is 1.64. The topological polar surface area (TPSA) is 43.1 Å². The molecule has 0 aliphatic heterocycles. The Morgan fingerprint density at radius 1 is 1.58 bits per heavy atom. The molecule has 0 saturated carbocycles. The van der Waals surface area contributed by atoms with Gasteiger partial charge in [-0.3, -0.25) is 10.1 Å². The summed E-state index contributed by atoms with van der Waals surface area (Å²) in [5, 5.41) is 10.9. The SMILES string of the molecule is CCc1c(Cl)cccc1[N+](=O)[O-]. The predicted octanol–water partition coefficient (Wildman–Crippen LogP) is 2.81. The molecule has 12 heavy (non-hydrogen) atoms. The standard InChI is InChI=1S/C8H8ClNO2/c1-2-6-7(9)4-3-5-8(6)10(11)12/h3-5H,2H2,1H3. The second-order valence-corrected chi connectivity index (χ2v) is 2.76. The van der Waals surface area contributed by atoms with Crippen LogP contribution in [0.25, 0.3) is 0 Å². The summed E-state index contributed by atoms with van der Waals surface area (Å²) in [5.74, 6) is 0. The van der Waals surface area contributed by atoms with Crippen LogP contribution in [-0.4, -0.2) is 4.92 Å². The van der Waals surface area contributed by atoms with Crippen molar-refractivity contribution >= 4 is 17.3 Å². The highest BCUT2D eigenvalue weighted by atomic mass is 35.5. The maximum Gasteiger partial charge on any atom is 0.274 e. The van der Waals surface area contributed by atoms with Crippen molar-refractivity contribution in [2.24, 2.45) is 0 Å². The molecule has 1 rings (SSSR count). The van der Waals surface area contributed by atoms with Crippen LogP contribution in [0.15, 0.2) is 18.2 Å². The highest BCUT2D eigenvalue weighted by molar-refractivity contribution is 6.31. The summed E-state index contributed by atoms with van der Waals surface area (Å²) in [6, 6.07) is 4.71. The zero-order valence-corrected chi connectivity index (χ0v) is 7.34. The van der Waals surface area contributed by atoms with Gasteiger partial charge in [-0.25, -0.2) is 0 Å². The van der Waals surface area contributed by atoms with Crippen LogP contribution in [-0.2, 0) is 6.42 Å². The molecule has 4 heteroatoms. The lowest BCUT2D eigenvalue weighted by molar-refractivity contribution is -0.385. The smallest absolute Gasteiger partial charge is 0.258 e. The molecule has 0 spiro atoms. The summed E-state index contributed by atoms with van der Waals surface area (Å²) < 4.78 is 0. The zero-order chi connectivity index (χ0) is 9.14. The molecule has 1 aromatic carbocycles. The lowest BCUT2D eigenvalue weighted by Gasteiger charge is -2.00. The van der Waals surface area contributed by atoms with E-state index in [1.807, 2.05) is 6.92 Å². The highest BCUT2D eigenvalue weighted by Gasteiger charge is 2.13. The maximum absolute atomic E-state index is 10.5. The van der Waals surface area contributed by atoms with E-state index < -0.39 is 4.92 Å². The second kappa shape index (κ2) is 3.54. The Hall–Kier alpha value is -1.09. The van der Waals surface area contributed by atoms with E-state index in [9.17, 15) is 10.1 Å². The first-order valence-corrected chi connectivity index (χ1v) is 3.96. The van der Waals surface area contributed by atoms with Gasteiger partial charge in [0.2, 0.25) is 0 Å². The van der Waals surface area contributed by atoms with Crippen molar-refractivity contribution in [1.29, 1.82) is 0 Å². The summed E-state index contributed by atoms with van der Waals surface area (Å²) in [6.07, 6.45) is 0.579. The summed E-state index contributed by atoms with van der Waals surface area (Å²) in [4.78, 5) is 10.1. The van der Waals surface area contributed by atoms with Gasteiger partial charge in [-0.05, 0) is 12.5 Å². The Balaban J connectivity index is 3.27. The molecule has 0 fully saturated rings. The number of halogens is 1. The number of benzene rings is 1. The van der Waals surface area contributed by atoms with Gasteiger partial charge in [-0.1, -0.05) is 24.6 Å². The van der Waals surface area contributed by atoms with Crippen LogP contribution in [0.2, 0.25) is 5.02 Å². The molecule has 0 saturated heterocycles. The number of rotatable bonds is 2. The molecule has 0 amide bonds. The lowest BCUT2D eigenvalue weighted by Crippen LogP contribution is -1.94. The molecule has 64 valence electrons. The monoisotopic (exact) mass is 185 g/mol. The molecule has 0 unspecified atom stereocenters. The van der Waals surface area contributed by atoms with Gasteiger partial charge in [0.15, 0.2) is 0 Å². The normalized spacial score (nSPS) is 9.83. The van der Waals surface area contributed by atoms with Crippen molar-refractivity contribution in [3.05, 3.63) is 38.9 Å². The summed E-state index contributed by atoms with van der Waals surface area (Å²) in [7, 11) is 0. The van der Waals surface area contributed by atoms with Crippen LogP contribution >= 0.6 is 11.6 Å². The van der Waals surface area contributed by atoms with Gasteiger partial charge in [-0.2, -0.15) is 0 Å². The van der Waals surface area contributed by atoms with Crippen LogP contribution in [0.3, 0.4) is 0 Å². The molecular formula is C8H8ClNO2. The summed E-state index contributed by atoms with van der Waals surface area (Å²) in [5.41, 5.74) is 0.703. The maximum atomic E-state index is 10.5. The Kier molecular flexibility index (Phi) is 2.65. The van der Waals surface area contributed by atoms with Crippen LogP contribution in [0.5, 0.6) is 0 Å². The summed E-state index contributed by atoms with van der Waals surface area (Å²) in [6.45, 7) is 1.84. The molecule has 0 aliphatic carbocycles. The van der Waals surface area contributed by atoms with E-state index in [0.717, 1.165) is 0 Å². The van der Waals surface area contributed by atoms with Gasteiger partial charge < -0.3 is 0 Å². The Bertz CT molecular complexity index is 312. The number of hydrogen-bond donors (Lipinski definition) is 0. The van der Waals surface area contributed by atoms with Crippen molar-refractivity contribution < 1.29 is 4.92 Å². The minimum absolute atomic E-state index is 0.102. The predicted molar refractivity (Wildman–Crippen MR) is 47.5 cm³/mol. The minimum Gasteiger partial charge on any atom is -0.258 e. The Labute approximate surface area is 75.1 Å². The van der Waals surface area contributed by atoms with E-state index in [4.69, 9.17) is 11.6 Å².